The van der Waals surface area contributed by atoms with Crippen LogP contribution in [-0.4, -0.2) is 15.9 Å². The summed E-state index contributed by atoms with van der Waals surface area (Å²) in [5, 5.41) is 5.86. The highest BCUT2D eigenvalue weighted by Crippen LogP contribution is 2.25. The molecule has 1 N–H and O–H groups in total. The number of nitrogens with zero attached hydrogens (tertiary/aromatic N) is 2. The minimum atomic E-state index is -0.0911. The lowest BCUT2D eigenvalue weighted by Crippen LogP contribution is -2.15. The van der Waals surface area contributed by atoms with Crippen LogP contribution in [0, 0.1) is 0 Å². The number of amides is 1. The molecule has 3 aromatic heterocycles. The minimum absolute atomic E-state index is 0.0911. The van der Waals surface area contributed by atoms with Crippen molar-refractivity contribution < 1.29 is 9.53 Å². The lowest BCUT2D eigenvalue weighted by Gasteiger charge is -2.08. The van der Waals surface area contributed by atoms with E-state index in [2.05, 4.69) is 15.3 Å². The van der Waals surface area contributed by atoms with Crippen molar-refractivity contribution in [1.82, 2.24) is 9.97 Å². The zero-order chi connectivity index (χ0) is 18.5. The Labute approximate surface area is 160 Å². The van der Waals surface area contributed by atoms with E-state index in [1.54, 1.807) is 29.9 Å². The van der Waals surface area contributed by atoms with E-state index in [1.807, 2.05) is 53.9 Å². The molecule has 0 fully saturated rings. The third-order valence-electron chi connectivity index (χ3n) is 4.08. The molecule has 0 aliphatic rings. The van der Waals surface area contributed by atoms with Crippen molar-refractivity contribution in [2.45, 2.75) is 13.0 Å². The largest absolute Gasteiger partial charge is 0.489 e. The number of thiophene rings is 1. The predicted molar refractivity (Wildman–Crippen MR) is 107 cm³/mol. The Bertz CT molecular complexity index is 1050. The molecule has 0 saturated heterocycles. The molecule has 0 bridgehead atoms. The summed E-state index contributed by atoms with van der Waals surface area (Å²) >= 11 is 1.63. The first-order chi connectivity index (χ1) is 13.3. The van der Waals surface area contributed by atoms with E-state index in [0.29, 0.717) is 12.4 Å². The van der Waals surface area contributed by atoms with Crippen LogP contribution in [0.3, 0.4) is 0 Å². The van der Waals surface area contributed by atoms with Crippen LogP contribution in [0.15, 0.2) is 72.5 Å². The van der Waals surface area contributed by atoms with Crippen molar-refractivity contribution in [3.8, 4) is 5.75 Å². The molecule has 3 heterocycles. The number of ether oxygens (including phenoxy) is 1. The maximum absolute atomic E-state index is 12.4. The Kier molecular flexibility index (Phi) is 5.07. The second-order valence-corrected chi connectivity index (χ2v) is 6.95. The first kappa shape index (κ1) is 17.2. The van der Waals surface area contributed by atoms with Crippen LogP contribution >= 0.6 is 11.3 Å². The molecule has 0 radical (unpaired) electrons. The number of hydrogen-bond acceptors (Lipinski definition) is 5. The maximum Gasteiger partial charge on any atom is 0.229 e. The molecule has 4 rings (SSSR count). The van der Waals surface area contributed by atoms with Gasteiger partial charge in [0.1, 0.15) is 18.2 Å². The minimum Gasteiger partial charge on any atom is -0.489 e. The number of nitrogens with one attached hydrogen (secondary N) is 1. The topological polar surface area (TPSA) is 64.1 Å². The lowest BCUT2D eigenvalue weighted by atomic mass is 10.1. The molecular weight excluding hydrogens is 358 g/mol. The van der Waals surface area contributed by atoms with E-state index in [4.69, 9.17) is 4.74 Å². The van der Waals surface area contributed by atoms with Crippen LogP contribution in [0.1, 0.15) is 11.1 Å². The highest BCUT2D eigenvalue weighted by molar-refractivity contribution is 7.17. The average molecular weight is 375 g/mol. The van der Waals surface area contributed by atoms with E-state index >= 15 is 0 Å². The zero-order valence-corrected chi connectivity index (χ0v) is 15.3. The quantitative estimate of drug-likeness (QED) is 0.541. The van der Waals surface area contributed by atoms with E-state index in [0.717, 1.165) is 27.0 Å². The van der Waals surface area contributed by atoms with Gasteiger partial charge >= 0.3 is 0 Å². The molecule has 0 aliphatic heterocycles. The van der Waals surface area contributed by atoms with Crippen molar-refractivity contribution in [2.24, 2.45) is 0 Å². The van der Waals surface area contributed by atoms with Crippen LogP contribution in [-0.2, 0) is 17.8 Å². The van der Waals surface area contributed by atoms with E-state index in [-0.39, 0.29) is 12.3 Å². The van der Waals surface area contributed by atoms with E-state index < -0.39 is 0 Å². The van der Waals surface area contributed by atoms with Gasteiger partial charge in [0.25, 0.3) is 0 Å². The van der Waals surface area contributed by atoms with Crippen LogP contribution in [0.2, 0.25) is 0 Å². The van der Waals surface area contributed by atoms with Crippen molar-refractivity contribution in [3.63, 3.8) is 0 Å². The summed E-state index contributed by atoms with van der Waals surface area (Å²) in [5.41, 5.74) is 1.98. The first-order valence-electron chi connectivity index (χ1n) is 8.51. The van der Waals surface area contributed by atoms with Gasteiger partial charge in [-0.25, -0.2) is 4.98 Å². The van der Waals surface area contributed by atoms with Gasteiger partial charge in [0.05, 0.1) is 6.42 Å². The van der Waals surface area contributed by atoms with Gasteiger partial charge in [-0.15, -0.1) is 11.3 Å². The monoisotopic (exact) mass is 375 g/mol. The highest BCUT2D eigenvalue weighted by atomic mass is 32.1. The Hall–Kier alpha value is -3.25. The standard InChI is InChI=1S/C21H17N3O2S/c25-20(24-21-18-8-12-27-19(18)7-11-23-21)13-15-1-3-17(4-2-15)26-14-16-5-9-22-10-6-16/h1-12H,13-14H2,(H,23,24,25). The number of rotatable bonds is 6. The number of pyridine rings is 2. The average Bonchev–Trinajstić information content (AvgIpc) is 3.18. The first-order valence-corrected chi connectivity index (χ1v) is 9.38. The lowest BCUT2D eigenvalue weighted by molar-refractivity contribution is -0.115. The van der Waals surface area contributed by atoms with Crippen LogP contribution in [0.5, 0.6) is 5.75 Å². The molecule has 4 aromatic rings. The molecule has 0 aliphatic carbocycles. The molecule has 5 nitrogen and oxygen atoms in total. The molecule has 0 unspecified atom stereocenters. The van der Waals surface area contributed by atoms with Crippen LogP contribution in [0.25, 0.3) is 10.1 Å². The smallest absolute Gasteiger partial charge is 0.229 e. The number of carbonyl (C=O) groups is 1. The highest BCUT2D eigenvalue weighted by Gasteiger charge is 2.09. The van der Waals surface area contributed by atoms with Crippen LogP contribution in [0.4, 0.5) is 5.82 Å². The molecule has 0 spiro atoms. The molecule has 1 aromatic carbocycles. The summed E-state index contributed by atoms with van der Waals surface area (Å²) in [7, 11) is 0. The Morgan fingerprint density at radius 1 is 0.963 bits per heavy atom. The summed E-state index contributed by atoms with van der Waals surface area (Å²) in [6.07, 6.45) is 5.48. The molecule has 6 heteroatoms. The second-order valence-electron chi connectivity index (χ2n) is 6.01. The number of fused-ring (bicyclic) bond motifs is 1. The van der Waals surface area contributed by atoms with Gasteiger partial charge in [0, 0.05) is 28.7 Å². The number of aromatic nitrogens is 2. The third kappa shape index (κ3) is 4.30. The maximum atomic E-state index is 12.4. The SMILES string of the molecule is O=C(Cc1ccc(OCc2ccncc2)cc1)Nc1nccc2sccc12. The fraction of sp³-hybridized carbons (Fsp3) is 0.0952. The number of anilines is 1. The number of hydrogen-bond donors (Lipinski definition) is 1. The van der Waals surface area contributed by atoms with Gasteiger partial charge < -0.3 is 10.1 Å². The predicted octanol–water partition coefficient (Wildman–Crippen LogP) is 4.45. The summed E-state index contributed by atoms with van der Waals surface area (Å²) < 4.78 is 6.86. The van der Waals surface area contributed by atoms with Gasteiger partial charge in [0.2, 0.25) is 5.91 Å². The Morgan fingerprint density at radius 2 is 1.78 bits per heavy atom. The third-order valence-corrected chi connectivity index (χ3v) is 4.96. The Morgan fingerprint density at radius 3 is 2.59 bits per heavy atom. The summed E-state index contributed by atoms with van der Waals surface area (Å²) in [6.45, 7) is 0.485. The van der Waals surface area contributed by atoms with Gasteiger partial charge in [-0.2, -0.15) is 0 Å². The molecule has 1 amide bonds. The van der Waals surface area contributed by atoms with Gasteiger partial charge in [-0.05, 0) is 52.9 Å². The van der Waals surface area contributed by atoms with Crippen molar-refractivity contribution >= 4 is 33.1 Å². The van der Waals surface area contributed by atoms with Crippen molar-refractivity contribution in [3.05, 3.63) is 83.6 Å². The van der Waals surface area contributed by atoms with Gasteiger partial charge in [-0.3, -0.25) is 9.78 Å². The van der Waals surface area contributed by atoms with Crippen LogP contribution < -0.4 is 10.1 Å². The van der Waals surface area contributed by atoms with E-state index in [1.165, 1.54) is 0 Å². The summed E-state index contributed by atoms with van der Waals surface area (Å²) in [4.78, 5) is 20.6. The number of carbonyl (C=O) groups excluding carboxylic acids is 1. The fourth-order valence-electron chi connectivity index (χ4n) is 2.71. The fourth-order valence-corrected chi connectivity index (χ4v) is 3.49. The summed E-state index contributed by atoms with van der Waals surface area (Å²) in [5.74, 6) is 1.28. The molecular formula is C21H17N3O2S. The molecule has 134 valence electrons. The zero-order valence-electron chi connectivity index (χ0n) is 14.5. The van der Waals surface area contributed by atoms with Gasteiger partial charge in [-0.1, -0.05) is 12.1 Å². The molecule has 27 heavy (non-hydrogen) atoms. The normalized spacial score (nSPS) is 10.7. The summed E-state index contributed by atoms with van der Waals surface area (Å²) in [6, 6.07) is 15.3. The second kappa shape index (κ2) is 7.97. The van der Waals surface area contributed by atoms with Crippen molar-refractivity contribution in [1.29, 1.82) is 0 Å². The van der Waals surface area contributed by atoms with E-state index in [9.17, 15) is 4.79 Å². The van der Waals surface area contributed by atoms with Gasteiger partial charge in [0.15, 0.2) is 0 Å². The number of benzene rings is 1. The Balaban J connectivity index is 1.35. The molecule has 0 atom stereocenters. The van der Waals surface area contributed by atoms with Crippen molar-refractivity contribution in [2.75, 3.05) is 5.32 Å². The molecule has 0 saturated carbocycles.